The fraction of sp³-hybridized carbons (Fsp3) is 0.444. The van der Waals surface area contributed by atoms with E-state index in [9.17, 15) is 14.4 Å². The minimum absolute atomic E-state index is 0.0474. The lowest BCUT2D eigenvalue weighted by atomic mass is 10.1. The molecule has 1 saturated carbocycles. The molecule has 7 nitrogen and oxygen atoms in total. The number of fused-ring (bicyclic) bond motifs is 1. The standard InChI is InChI=1S/C18H22N4O3/c1-11(2)22-18(25)14-6-4-3-5-13(14)15(21-22)17(24)20-10-9-19-16(23)12-7-8-12/h3-6,11-12H,7-10H2,1-2H3,(H,19,23)(H,20,24). The number of nitrogens with one attached hydrogen (secondary N) is 2. The van der Waals surface area contributed by atoms with Crippen molar-refractivity contribution in [1.82, 2.24) is 20.4 Å². The molecular formula is C18H22N4O3. The predicted molar refractivity (Wildman–Crippen MR) is 94.5 cm³/mol. The molecule has 0 saturated heterocycles. The van der Waals surface area contributed by atoms with Gasteiger partial charge in [-0.05, 0) is 32.8 Å². The molecule has 0 spiro atoms. The van der Waals surface area contributed by atoms with Gasteiger partial charge >= 0.3 is 0 Å². The number of benzene rings is 1. The Morgan fingerprint density at radius 1 is 1.16 bits per heavy atom. The van der Waals surface area contributed by atoms with Crippen molar-refractivity contribution in [2.75, 3.05) is 13.1 Å². The predicted octanol–water partition coefficient (Wildman–Crippen LogP) is 1.23. The van der Waals surface area contributed by atoms with Crippen LogP contribution in [0, 0.1) is 5.92 Å². The highest BCUT2D eigenvalue weighted by molar-refractivity contribution is 6.04. The Morgan fingerprint density at radius 3 is 2.44 bits per heavy atom. The number of amides is 2. The number of hydrogen-bond donors (Lipinski definition) is 2. The van der Waals surface area contributed by atoms with E-state index in [0.717, 1.165) is 12.8 Å². The molecule has 2 amide bonds. The van der Waals surface area contributed by atoms with Gasteiger partial charge in [0.1, 0.15) is 0 Å². The van der Waals surface area contributed by atoms with Crippen molar-refractivity contribution < 1.29 is 9.59 Å². The molecule has 3 rings (SSSR count). The molecule has 25 heavy (non-hydrogen) atoms. The molecule has 1 aromatic heterocycles. The maximum absolute atomic E-state index is 12.5. The van der Waals surface area contributed by atoms with Crippen molar-refractivity contribution in [2.45, 2.75) is 32.7 Å². The average Bonchev–Trinajstić information content (AvgIpc) is 3.43. The number of aromatic nitrogens is 2. The molecule has 2 aromatic rings. The van der Waals surface area contributed by atoms with E-state index in [4.69, 9.17) is 0 Å². The van der Waals surface area contributed by atoms with Gasteiger partial charge in [-0.25, -0.2) is 4.68 Å². The average molecular weight is 342 g/mol. The van der Waals surface area contributed by atoms with Crippen molar-refractivity contribution in [3.63, 3.8) is 0 Å². The third kappa shape index (κ3) is 3.70. The van der Waals surface area contributed by atoms with Crippen molar-refractivity contribution in [3.05, 3.63) is 40.3 Å². The Bertz CT molecular complexity index is 868. The van der Waals surface area contributed by atoms with E-state index in [1.165, 1.54) is 4.68 Å². The lowest BCUT2D eigenvalue weighted by molar-refractivity contribution is -0.122. The second-order valence-electron chi connectivity index (χ2n) is 6.56. The summed E-state index contributed by atoms with van der Waals surface area (Å²) in [6, 6.07) is 6.81. The minimum atomic E-state index is -0.355. The molecule has 1 aromatic carbocycles. The lowest BCUT2D eigenvalue weighted by Crippen LogP contribution is -2.37. The van der Waals surface area contributed by atoms with Gasteiger partial charge in [0.15, 0.2) is 5.69 Å². The summed E-state index contributed by atoms with van der Waals surface area (Å²) < 4.78 is 1.33. The zero-order valence-corrected chi connectivity index (χ0v) is 14.4. The first-order valence-corrected chi connectivity index (χ1v) is 8.56. The van der Waals surface area contributed by atoms with Gasteiger partial charge in [-0.2, -0.15) is 5.10 Å². The van der Waals surface area contributed by atoms with E-state index < -0.39 is 0 Å². The molecule has 1 fully saturated rings. The van der Waals surface area contributed by atoms with Crippen LogP contribution in [0.4, 0.5) is 0 Å². The number of carbonyl (C=O) groups is 2. The molecule has 2 N–H and O–H groups in total. The second kappa shape index (κ2) is 7.04. The first-order valence-electron chi connectivity index (χ1n) is 8.56. The fourth-order valence-corrected chi connectivity index (χ4v) is 2.66. The highest BCUT2D eigenvalue weighted by Gasteiger charge is 2.29. The number of rotatable bonds is 6. The third-order valence-electron chi connectivity index (χ3n) is 4.19. The van der Waals surface area contributed by atoms with Crippen LogP contribution in [-0.2, 0) is 4.79 Å². The van der Waals surface area contributed by atoms with Crippen molar-refractivity contribution >= 4 is 22.6 Å². The SMILES string of the molecule is CC(C)n1nc(C(=O)NCCNC(=O)C2CC2)c2ccccc2c1=O. The summed E-state index contributed by atoms with van der Waals surface area (Å²) in [5.74, 6) is -0.159. The van der Waals surface area contributed by atoms with Crippen LogP contribution in [0.1, 0.15) is 43.2 Å². The van der Waals surface area contributed by atoms with Crippen LogP contribution in [0.25, 0.3) is 10.8 Å². The number of carbonyl (C=O) groups excluding carboxylic acids is 2. The topological polar surface area (TPSA) is 93.1 Å². The number of hydrogen-bond acceptors (Lipinski definition) is 4. The van der Waals surface area contributed by atoms with Gasteiger partial charge in [-0.3, -0.25) is 14.4 Å². The maximum atomic E-state index is 12.5. The van der Waals surface area contributed by atoms with Crippen LogP contribution < -0.4 is 16.2 Å². The maximum Gasteiger partial charge on any atom is 0.274 e. The highest BCUT2D eigenvalue weighted by atomic mass is 16.2. The normalized spacial score (nSPS) is 13.9. The van der Waals surface area contributed by atoms with Crippen LogP contribution >= 0.6 is 0 Å². The Labute approximate surface area is 145 Å². The number of nitrogens with zero attached hydrogens (tertiary/aromatic N) is 2. The highest BCUT2D eigenvalue weighted by Crippen LogP contribution is 2.28. The molecule has 1 heterocycles. The van der Waals surface area contributed by atoms with Gasteiger partial charge < -0.3 is 10.6 Å². The zero-order chi connectivity index (χ0) is 18.0. The van der Waals surface area contributed by atoms with Crippen molar-refractivity contribution in [1.29, 1.82) is 0 Å². The monoisotopic (exact) mass is 342 g/mol. The third-order valence-corrected chi connectivity index (χ3v) is 4.19. The summed E-state index contributed by atoms with van der Waals surface area (Å²) >= 11 is 0. The molecule has 0 unspecified atom stereocenters. The van der Waals surface area contributed by atoms with Gasteiger partial charge in [-0.1, -0.05) is 18.2 Å². The molecule has 0 aliphatic heterocycles. The summed E-state index contributed by atoms with van der Waals surface area (Å²) in [5.41, 5.74) is 0.0104. The summed E-state index contributed by atoms with van der Waals surface area (Å²) in [6.07, 6.45) is 1.90. The van der Waals surface area contributed by atoms with Crippen LogP contribution in [0.3, 0.4) is 0 Å². The largest absolute Gasteiger partial charge is 0.354 e. The first kappa shape index (κ1) is 17.1. The Balaban J connectivity index is 1.77. The summed E-state index contributed by atoms with van der Waals surface area (Å²) in [7, 11) is 0. The zero-order valence-electron chi connectivity index (χ0n) is 14.4. The van der Waals surface area contributed by atoms with E-state index in [-0.39, 0.29) is 35.0 Å². The van der Waals surface area contributed by atoms with Crippen LogP contribution in [0.5, 0.6) is 0 Å². The van der Waals surface area contributed by atoms with Crippen LogP contribution in [0.15, 0.2) is 29.1 Å². The van der Waals surface area contributed by atoms with E-state index in [0.29, 0.717) is 23.9 Å². The van der Waals surface area contributed by atoms with Crippen molar-refractivity contribution in [2.24, 2.45) is 5.92 Å². The van der Waals surface area contributed by atoms with Crippen LogP contribution in [0.2, 0.25) is 0 Å². The molecule has 7 heteroatoms. The second-order valence-corrected chi connectivity index (χ2v) is 6.56. The van der Waals surface area contributed by atoms with Gasteiger partial charge in [0.2, 0.25) is 5.91 Å². The quantitative estimate of drug-likeness (QED) is 0.772. The molecule has 0 radical (unpaired) electrons. The molecule has 132 valence electrons. The van der Waals surface area contributed by atoms with Crippen molar-refractivity contribution in [3.8, 4) is 0 Å². The summed E-state index contributed by atoms with van der Waals surface area (Å²) in [5, 5.41) is 10.8. The smallest absolute Gasteiger partial charge is 0.274 e. The summed E-state index contributed by atoms with van der Waals surface area (Å²) in [6.45, 7) is 4.38. The van der Waals surface area contributed by atoms with Gasteiger partial charge in [-0.15, -0.1) is 0 Å². The first-order chi connectivity index (χ1) is 12.0. The molecule has 1 aliphatic rings. The Hall–Kier alpha value is -2.70. The lowest BCUT2D eigenvalue weighted by Gasteiger charge is -2.13. The van der Waals surface area contributed by atoms with Gasteiger partial charge in [0.05, 0.1) is 11.4 Å². The molecule has 0 bridgehead atoms. The van der Waals surface area contributed by atoms with E-state index in [1.807, 2.05) is 13.8 Å². The minimum Gasteiger partial charge on any atom is -0.354 e. The van der Waals surface area contributed by atoms with E-state index in [2.05, 4.69) is 15.7 Å². The molecular weight excluding hydrogens is 320 g/mol. The fourth-order valence-electron chi connectivity index (χ4n) is 2.66. The van der Waals surface area contributed by atoms with Gasteiger partial charge in [0.25, 0.3) is 11.5 Å². The Kier molecular flexibility index (Phi) is 4.83. The molecule has 1 aliphatic carbocycles. The molecule has 0 atom stereocenters. The summed E-state index contributed by atoms with van der Waals surface area (Å²) in [4.78, 5) is 36.6. The Morgan fingerprint density at radius 2 is 1.80 bits per heavy atom. The van der Waals surface area contributed by atoms with Crippen LogP contribution in [-0.4, -0.2) is 34.7 Å². The van der Waals surface area contributed by atoms with E-state index in [1.54, 1.807) is 24.3 Å². The van der Waals surface area contributed by atoms with Gasteiger partial charge in [0, 0.05) is 24.4 Å². The van der Waals surface area contributed by atoms with E-state index >= 15 is 0 Å².